The Kier molecular flexibility index (Phi) is 7.45. The maximum absolute atomic E-state index is 12.6. The van der Waals surface area contributed by atoms with E-state index in [-0.39, 0.29) is 5.91 Å². The van der Waals surface area contributed by atoms with E-state index in [4.69, 9.17) is 14.5 Å². The first-order chi connectivity index (χ1) is 13.7. The van der Waals surface area contributed by atoms with E-state index in [9.17, 15) is 4.79 Å². The van der Waals surface area contributed by atoms with Crippen molar-refractivity contribution in [2.75, 3.05) is 33.4 Å². The van der Waals surface area contributed by atoms with Crippen molar-refractivity contribution in [3.63, 3.8) is 0 Å². The predicted molar refractivity (Wildman–Crippen MR) is 105 cm³/mol. The topological polar surface area (TPSA) is 77.4 Å². The number of likely N-dealkylation sites (tertiary alicyclic amines) is 1. The number of aromatic nitrogens is 3. The van der Waals surface area contributed by atoms with Gasteiger partial charge in [-0.2, -0.15) is 0 Å². The molecule has 7 nitrogen and oxygen atoms in total. The summed E-state index contributed by atoms with van der Waals surface area (Å²) in [7, 11) is 1.66. The molecule has 0 bridgehead atoms. The Morgan fingerprint density at radius 1 is 1.21 bits per heavy atom. The maximum Gasteiger partial charge on any atom is 0.226 e. The Labute approximate surface area is 166 Å². The normalized spacial score (nSPS) is 15.0. The SMILES string of the molecule is COCCOCc1cnc(C)nc1C1CCN(C(=O)Cc2ccncc2)CC1. The van der Waals surface area contributed by atoms with Crippen LogP contribution in [0.5, 0.6) is 0 Å². The number of hydrogen-bond acceptors (Lipinski definition) is 6. The minimum Gasteiger partial charge on any atom is -0.382 e. The molecule has 2 aromatic heterocycles. The van der Waals surface area contributed by atoms with E-state index in [1.165, 1.54) is 0 Å². The van der Waals surface area contributed by atoms with Gasteiger partial charge in [-0.1, -0.05) is 0 Å². The highest BCUT2D eigenvalue weighted by Gasteiger charge is 2.26. The molecule has 0 saturated carbocycles. The van der Waals surface area contributed by atoms with Gasteiger partial charge in [0.05, 0.1) is 31.9 Å². The second-order valence-electron chi connectivity index (χ2n) is 7.06. The van der Waals surface area contributed by atoms with Crippen molar-refractivity contribution in [3.8, 4) is 0 Å². The van der Waals surface area contributed by atoms with Crippen LogP contribution >= 0.6 is 0 Å². The first kappa shape index (κ1) is 20.4. The van der Waals surface area contributed by atoms with Gasteiger partial charge in [0.2, 0.25) is 5.91 Å². The molecule has 0 spiro atoms. The van der Waals surface area contributed by atoms with Gasteiger partial charge in [-0.3, -0.25) is 9.78 Å². The fourth-order valence-electron chi connectivity index (χ4n) is 3.49. The van der Waals surface area contributed by atoms with E-state index in [1.54, 1.807) is 19.5 Å². The van der Waals surface area contributed by atoms with Gasteiger partial charge in [0.25, 0.3) is 0 Å². The number of rotatable bonds is 8. The zero-order chi connectivity index (χ0) is 19.8. The highest BCUT2D eigenvalue weighted by molar-refractivity contribution is 5.78. The van der Waals surface area contributed by atoms with Crippen LogP contribution in [0.25, 0.3) is 0 Å². The van der Waals surface area contributed by atoms with Crippen molar-refractivity contribution in [1.82, 2.24) is 19.9 Å². The van der Waals surface area contributed by atoms with E-state index < -0.39 is 0 Å². The molecule has 1 amide bonds. The Morgan fingerprint density at radius 2 is 1.96 bits per heavy atom. The third-order valence-corrected chi connectivity index (χ3v) is 5.05. The molecule has 28 heavy (non-hydrogen) atoms. The Bertz CT molecular complexity index is 762. The van der Waals surface area contributed by atoms with Crippen LogP contribution in [0.4, 0.5) is 0 Å². The van der Waals surface area contributed by atoms with Gasteiger partial charge in [0, 0.05) is 50.3 Å². The lowest BCUT2D eigenvalue weighted by molar-refractivity contribution is -0.131. The van der Waals surface area contributed by atoms with Gasteiger partial charge in [-0.05, 0) is 37.5 Å². The van der Waals surface area contributed by atoms with Crippen LogP contribution in [0.15, 0.2) is 30.7 Å². The van der Waals surface area contributed by atoms with E-state index >= 15 is 0 Å². The molecular weight excluding hydrogens is 356 g/mol. The number of amides is 1. The molecule has 1 aliphatic heterocycles. The van der Waals surface area contributed by atoms with E-state index in [0.717, 1.165) is 48.6 Å². The molecule has 0 N–H and O–H groups in total. The molecule has 0 unspecified atom stereocenters. The average molecular weight is 384 g/mol. The average Bonchev–Trinajstić information content (AvgIpc) is 2.73. The van der Waals surface area contributed by atoms with Gasteiger partial charge < -0.3 is 14.4 Å². The standard InChI is InChI=1S/C21H28N4O3/c1-16-23-14-19(15-28-12-11-27-2)21(24-16)18-5-9-25(10-6-18)20(26)13-17-3-7-22-8-4-17/h3-4,7-8,14,18H,5-6,9-13,15H2,1-2H3. The van der Waals surface area contributed by atoms with Gasteiger partial charge in [-0.15, -0.1) is 0 Å². The Morgan fingerprint density at radius 3 is 2.68 bits per heavy atom. The van der Waals surface area contributed by atoms with Crippen molar-refractivity contribution in [3.05, 3.63) is 53.4 Å². The fourth-order valence-corrected chi connectivity index (χ4v) is 3.49. The highest BCUT2D eigenvalue weighted by Crippen LogP contribution is 2.29. The number of carbonyl (C=O) groups excluding carboxylic acids is 1. The molecule has 0 aliphatic carbocycles. The lowest BCUT2D eigenvalue weighted by Gasteiger charge is -2.32. The fraction of sp³-hybridized carbons (Fsp3) is 0.524. The van der Waals surface area contributed by atoms with Crippen LogP contribution in [0.2, 0.25) is 0 Å². The maximum atomic E-state index is 12.6. The zero-order valence-corrected chi connectivity index (χ0v) is 16.6. The van der Waals surface area contributed by atoms with Gasteiger partial charge in [-0.25, -0.2) is 9.97 Å². The van der Waals surface area contributed by atoms with Crippen LogP contribution in [0.1, 0.15) is 41.4 Å². The number of pyridine rings is 1. The quantitative estimate of drug-likeness (QED) is 0.650. The summed E-state index contributed by atoms with van der Waals surface area (Å²) in [5.74, 6) is 1.27. The van der Waals surface area contributed by atoms with E-state index in [1.807, 2.05) is 30.2 Å². The summed E-state index contributed by atoms with van der Waals surface area (Å²) in [4.78, 5) is 27.6. The second kappa shape index (κ2) is 10.2. The summed E-state index contributed by atoms with van der Waals surface area (Å²) in [6, 6.07) is 3.79. The molecule has 0 aromatic carbocycles. The number of carbonyl (C=O) groups is 1. The number of piperidine rings is 1. The summed E-state index contributed by atoms with van der Waals surface area (Å²) >= 11 is 0. The number of nitrogens with zero attached hydrogens (tertiary/aromatic N) is 4. The van der Waals surface area contributed by atoms with Crippen LogP contribution in [-0.2, 0) is 27.3 Å². The van der Waals surface area contributed by atoms with Crippen molar-refractivity contribution < 1.29 is 14.3 Å². The molecule has 1 fully saturated rings. The smallest absolute Gasteiger partial charge is 0.226 e. The Hall–Kier alpha value is -2.38. The van der Waals surface area contributed by atoms with Crippen LogP contribution < -0.4 is 0 Å². The Balaban J connectivity index is 1.58. The summed E-state index contributed by atoms with van der Waals surface area (Å²) in [6.45, 7) is 5.02. The summed E-state index contributed by atoms with van der Waals surface area (Å²) < 4.78 is 10.7. The summed E-state index contributed by atoms with van der Waals surface area (Å²) in [5, 5.41) is 0. The van der Waals surface area contributed by atoms with Crippen molar-refractivity contribution in [2.45, 2.75) is 38.7 Å². The third kappa shape index (κ3) is 5.56. The monoisotopic (exact) mass is 384 g/mol. The van der Waals surface area contributed by atoms with Crippen molar-refractivity contribution >= 4 is 5.91 Å². The second-order valence-corrected chi connectivity index (χ2v) is 7.06. The lowest BCUT2D eigenvalue weighted by Crippen LogP contribution is -2.39. The van der Waals surface area contributed by atoms with Crippen LogP contribution in [-0.4, -0.2) is 59.2 Å². The van der Waals surface area contributed by atoms with Crippen LogP contribution in [0.3, 0.4) is 0 Å². The highest BCUT2D eigenvalue weighted by atomic mass is 16.5. The van der Waals surface area contributed by atoms with E-state index in [0.29, 0.717) is 32.2 Å². The number of aryl methyl sites for hydroxylation is 1. The van der Waals surface area contributed by atoms with Gasteiger partial charge in [0.15, 0.2) is 0 Å². The zero-order valence-electron chi connectivity index (χ0n) is 16.6. The molecule has 7 heteroatoms. The molecule has 1 aliphatic rings. The first-order valence-electron chi connectivity index (χ1n) is 9.73. The minimum absolute atomic E-state index is 0.173. The molecule has 1 saturated heterocycles. The van der Waals surface area contributed by atoms with Crippen LogP contribution in [0, 0.1) is 6.92 Å². The molecule has 2 aromatic rings. The molecule has 150 valence electrons. The molecule has 3 heterocycles. The predicted octanol–water partition coefficient (Wildman–Crippen LogP) is 2.29. The van der Waals surface area contributed by atoms with Crippen molar-refractivity contribution in [2.24, 2.45) is 0 Å². The van der Waals surface area contributed by atoms with Gasteiger partial charge in [0.1, 0.15) is 5.82 Å². The minimum atomic E-state index is 0.173. The lowest BCUT2D eigenvalue weighted by atomic mass is 9.90. The van der Waals surface area contributed by atoms with E-state index in [2.05, 4.69) is 9.97 Å². The number of methoxy groups -OCH3 is 1. The molecule has 0 radical (unpaired) electrons. The first-order valence-corrected chi connectivity index (χ1v) is 9.73. The van der Waals surface area contributed by atoms with Crippen molar-refractivity contribution in [1.29, 1.82) is 0 Å². The summed E-state index contributed by atoms with van der Waals surface area (Å²) in [5.41, 5.74) is 3.10. The molecule has 3 rings (SSSR count). The summed E-state index contributed by atoms with van der Waals surface area (Å²) in [6.07, 6.45) is 7.56. The number of hydrogen-bond donors (Lipinski definition) is 0. The largest absolute Gasteiger partial charge is 0.382 e. The molecule has 0 atom stereocenters. The molecular formula is C21H28N4O3. The van der Waals surface area contributed by atoms with Gasteiger partial charge >= 0.3 is 0 Å². The number of ether oxygens (including phenoxy) is 2. The third-order valence-electron chi connectivity index (χ3n) is 5.05.